The number of hydrogen-bond donors (Lipinski definition) is 1. The molecule has 0 aliphatic rings. The van der Waals surface area contributed by atoms with Gasteiger partial charge in [0.2, 0.25) is 5.78 Å². The fraction of sp³-hybridized carbons (Fsp3) is 0.125. The van der Waals surface area contributed by atoms with Crippen LogP contribution >= 0.6 is 15.9 Å². The summed E-state index contributed by atoms with van der Waals surface area (Å²) in [7, 11) is 0. The number of ketones is 1. The van der Waals surface area contributed by atoms with Crippen molar-refractivity contribution in [3.63, 3.8) is 0 Å². The molecular weight excluding hydrogens is 458 g/mol. The van der Waals surface area contributed by atoms with Crippen LogP contribution in [0.25, 0.3) is 22.1 Å². The zero-order chi connectivity index (χ0) is 21.5. The summed E-state index contributed by atoms with van der Waals surface area (Å²) in [5, 5.41) is 11.0. The van der Waals surface area contributed by atoms with E-state index in [1.807, 2.05) is 29.7 Å². The van der Waals surface area contributed by atoms with Crippen LogP contribution in [-0.2, 0) is 13.0 Å². The van der Waals surface area contributed by atoms with Crippen molar-refractivity contribution >= 4 is 43.8 Å². The average molecular weight is 476 g/mol. The smallest absolute Gasteiger partial charge is 0.267 e. The topological polar surface area (TPSA) is 81.2 Å². The van der Waals surface area contributed by atoms with E-state index in [2.05, 4.69) is 38.0 Å². The van der Waals surface area contributed by atoms with Crippen molar-refractivity contribution in [3.8, 4) is 5.75 Å². The van der Waals surface area contributed by atoms with E-state index >= 15 is 0 Å². The van der Waals surface area contributed by atoms with Crippen LogP contribution < -0.4 is 0 Å². The minimum absolute atomic E-state index is 0.0446. The summed E-state index contributed by atoms with van der Waals surface area (Å²) in [5.41, 5.74) is 4.96. The van der Waals surface area contributed by atoms with Gasteiger partial charge < -0.3 is 14.1 Å². The van der Waals surface area contributed by atoms with E-state index in [1.54, 1.807) is 30.5 Å². The van der Waals surface area contributed by atoms with E-state index in [-0.39, 0.29) is 24.0 Å². The number of nitrogens with zero attached hydrogens (tertiary/aromatic N) is 3. The van der Waals surface area contributed by atoms with Crippen LogP contribution in [0.15, 0.2) is 69.7 Å². The first-order chi connectivity index (χ1) is 15.0. The van der Waals surface area contributed by atoms with Crippen molar-refractivity contribution in [2.75, 3.05) is 0 Å². The molecule has 7 heteroatoms. The van der Waals surface area contributed by atoms with Gasteiger partial charge in [-0.15, -0.1) is 0 Å². The van der Waals surface area contributed by atoms with Crippen molar-refractivity contribution in [1.82, 2.24) is 14.5 Å². The third-order valence-electron chi connectivity index (χ3n) is 5.44. The number of aromatic hydroxyl groups is 1. The number of rotatable bonds is 5. The van der Waals surface area contributed by atoms with Gasteiger partial charge in [0, 0.05) is 27.3 Å². The summed E-state index contributed by atoms with van der Waals surface area (Å²) >= 11 is 3.47. The zero-order valence-electron chi connectivity index (χ0n) is 16.7. The molecule has 3 heterocycles. The SMILES string of the molecule is Cc1c(Cc2ccc(Br)cc2)c2cc(O)ccc2n1CC(=O)c1nc2ncccc2o1. The highest BCUT2D eigenvalue weighted by molar-refractivity contribution is 9.10. The monoisotopic (exact) mass is 475 g/mol. The van der Waals surface area contributed by atoms with Crippen LogP contribution in [0.1, 0.15) is 27.5 Å². The molecule has 5 rings (SSSR count). The number of hydrogen-bond acceptors (Lipinski definition) is 5. The molecular formula is C24H18BrN3O3. The minimum Gasteiger partial charge on any atom is -0.508 e. The number of phenols is 1. The lowest BCUT2D eigenvalue weighted by molar-refractivity contribution is 0.0941. The lowest BCUT2D eigenvalue weighted by Crippen LogP contribution is -2.12. The highest BCUT2D eigenvalue weighted by atomic mass is 79.9. The number of carbonyl (C=O) groups is 1. The first-order valence-corrected chi connectivity index (χ1v) is 10.6. The molecule has 6 nitrogen and oxygen atoms in total. The molecule has 0 aliphatic carbocycles. The lowest BCUT2D eigenvalue weighted by atomic mass is 10.0. The molecule has 0 bridgehead atoms. The molecule has 0 aliphatic heterocycles. The third-order valence-corrected chi connectivity index (χ3v) is 5.97. The third kappa shape index (κ3) is 3.61. The first kappa shape index (κ1) is 19.5. The number of aromatic nitrogens is 3. The first-order valence-electron chi connectivity index (χ1n) is 9.79. The molecule has 154 valence electrons. The van der Waals surface area contributed by atoms with Gasteiger partial charge in [0.15, 0.2) is 11.2 Å². The van der Waals surface area contributed by atoms with E-state index in [9.17, 15) is 9.90 Å². The molecule has 1 N–H and O–H groups in total. The molecule has 0 atom stereocenters. The fourth-order valence-electron chi connectivity index (χ4n) is 3.87. The Morgan fingerprint density at radius 3 is 2.74 bits per heavy atom. The summed E-state index contributed by atoms with van der Waals surface area (Å²) in [6.45, 7) is 2.08. The standard InChI is InChI=1S/C24H18BrN3O3/c1-14-18(11-15-4-6-16(25)7-5-15)19-12-17(29)8-9-20(19)28(14)13-21(30)24-27-23-22(31-24)3-2-10-26-23/h2-10,12,29H,11,13H2,1H3. The van der Waals surface area contributed by atoms with Gasteiger partial charge in [0.05, 0.1) is 6.54 Å². The van der Waals surface area contributed by atoms with Gasteiger partial charge in [-0.25, -0.2) is 4.98 Å². The molecule has 0 radical (unpaired) electrons. The number of halogens is 1. The van der Waals surface area contributed by atoms with Crippen LogP contribution in [0.5, 0.6) is 5.75 Å². The predicted molar refractivity (Wildman–Crippen MR) is 121 cm³/mol. The second-order valence-corrected chi connectivity index (χ2v) is 8.34. The number of benzene rings is 2. The van der Waals surface area contributed by atoms with Crippen LogP contribution in [0, 0.1) is 6.92 Å². The van der Waals surface area contributed by atoms with Gasteiger partial charge in [-0.1, -0.05) is 28.1 Å². The van der Waals surface area contributed by atoms with E-state index in [0.29, 0.717) is 17.7 Å². The van der Waals surface area contributed by atoms with Gasteiger partial charge >= 0.3 is 0 Å². The Morgan fingerprint density at radius 2 is 1.97 bits per heavy atom. The Hall–Kier alpha value is -3.45. The molecule has 0 amide bonds. The van der Waals surface area contributed by atoms with Crippen molar-refractivity contribution < 1.29 is 14.3 Å². The summed E-state index contributed by atoms with van der Waals surface area (Å²) in [6, 6.07) is 16.8. The maximum absolute atomic E-state index is 13.0. The maximum Gasteiger partial charge on any atom is 0.267 e. The second-order valence-electron chi connectivity index (χ2n) is 7.42. The van der Waals surface area contributed by atoms with Gasteiger partial charge in [-0.05, 0) is 66.9 Å². The highest BCUT2D eigenvalue weighted by Gasteiger charge is 2.21. The summed E-state index contributed by atoms with van der Waals surface area (Å²) in [4.78, 5) is 21.4. The Kier molecular flexibility index (Phi) is 4.82. The molecule has 0 saturated carbocycles. The van der Waals surface area contributed by atoms with Crippen LogP contribution in [0.2, 0.25) is 0 Å². The Bertz CT molecular complexity index is 1400. The molecule has 0 fully saturated rings. The van der Waals surface area contributed by atoms with Crippen LogP contribution in [-0.4, -0.2) is 25.4 Å². The van der Waals surface area contributed by atoms with Gasteiger partial charge in [0.25, 0.3) is 5.89 Å². The second kappa shape index (κ2) is 7.67. The number of Topliss-reactive ketones (excluding diaryl/α,β-unsaturated/α-hetero) is 1. The number of phenolic OH excluding ortho intramolecular Hbond substituents is 1. The molecule has 2 aromatic carbocycles. The average Bonchev–Trinajstić information content (AvgIpc) is 3.30. The quantitative estimate of drug-likeness (QED) is 0.342. The molecule has 0 saturated heterocycles. The Morgan fingerprint density at radius 1 is 1.16 bits per heavy atom. The van der Waals surface area contributed by atoms with Crippen molar-refractivity contribution in [2.45, 2.75) is 19.9 Å². The molecule has 0 spiro atoms. The number of carbonyl (C=O) groups excluding carboxylic acids is 1. The predicted octanol–water partition coefficient (Wildman–Crippen LogP) is 5.43. The van der Waals surface area contributed by atoms with Crippen molar-refractivity contribution in [1.29, 1.82) is 0 Å². The number of oxazole rings is 1. The fourth-order valence-corrected chi connectivity index (χ4v) is 4.14. The van der Waals surface area contributed by atoms with Crippen LogP contribution in [0.4, 0.5) is 0 Å². The Balaban J connectivity index is 1.55. The van der Waals surface area contributed by atoms with Gasteiger partial charge in [-0.2, -0.15) is 4.98 Å². The van der Waals surface area contributed by atoms with E-state index in [1.165, 1.54) is 0 Å². The highest BCUT2D eigenvalue weighted by Crippen LogP contribution is 2.31. The number of fused-ring (bicyclic) bond motifs is 2. The normalized spacial score (nSPS) is 11.4. The maximum atomic E-state index is 13.0. The van der Waals surface area contributed by atoms with Crippen LogP contribution in [0.3, 0.4) is 0 Å². The zero-order valence-corrected chi connectivity index (χ0v) is 18.3. The van der Waals surface area contributed by atoms with E-state index in [4.69, 9.17) is 4.42 Å². The van der Waals surface area contributed by atoms with E-state index < -0.39 is 0 Å². The largest absolute Gasteiger partial charge is 0.508 e. The lowest BCUT2D eigenvalue weighted by Gasteiger charge is -2.07. The summed E-state index contributed by atoms with van der Waals surface area (Å²) in [6.07, 6.45) is 2.30. The molecule has 31 heavy (non-hydrogen) atoms. The van der Waals surface area contributed by atoms with E-state index in [0.717, 1.165) is 32.2 Å². The molecule has 0 unspecified atom stereocenters. The van der Waals surface area contributed by atoms with Gasteiger partial charge in [-0.3, -0.25) is 4.79 Å². The Labute approximate surface area is 186 Å². The number of pyridine rings is 1. The summed E-state index contributed by atoms with van der Waals surface area (Å²) < 4.78 is 8.58. The summed E-state index contributed by atoms with van der Waals surface area (Å²) in [5.74, 6) is 0.00233. The molecule has 3 aromatic heterocycles. The van der Waals surface area contributed by atoms with Gasteiger partial charge in [0.1, 0.15) is 5.75 Å². The minimum atomic E-state index is -0.235. The van der Waals surface area contributed by atoms with Crippen molar-refractivity contribution in [2.24, 2.45) is 0 Å². The van der Waals surface area contributed by atoms with Crippen molar-refractivity contribution in [3.05, 3.63) is 88.0 Å². The molecule has 5 aromatic rings.